The van der Waals surface area contributed by atoms with E-state index in [4.69, 9.17) is 4.74 Å². The molecule has 0 amide bonds. The third-order valence-corrected chi connectivity index (χ3v) is 4.06. The topological polar surface area (TPSA) is 24.8 Å². The van der Waals surface area contributed by atoms with Gasteiger partial charge in [-0.25, -0.2) is 0 Å². The highest BCUT2D eigenvalue weighted by Crippen LogP contribution is 2.15. The molecule has 1 saturated heterocycles. The van der Waals surface area contributed by atoms with Crippen molar-refractivity contribution in [3.8, 4) is 5.75 Å². The Morgan fingerprint density at radius 3 is 2.48 bits per heavy atom. The van der Waals surface area contributed by atoms with Gasteiger partial charge in [0.15, 0.2) is 0 Å². The molecule has 1 aliphatic heterocycles. The molecule has 0 aromatic heterocycles. The van der Waals surface area contributed by atoms with Crippen LogP contribution in [0.5, 0.6) is 5.75 Å². The van der Waals surface area contributed by atoms with Crippen LogP contribution in [-0.4, -0.2) is 24.3 Å². The molecule has 0 unspecified atom stereocenters. The minimum atomic E-state index is 0.591. The lowest BCUT2D eigenvalue weighted by Crippen LogP contribution is -2.18. The fourth-order valence-electron chi connectivity index (χ4n) is 2.74. The summed E-state index contributed by atoms with van der Waals surface area (Å²) in [5.74, 6) is 0.883. The molecule has 3 rings (SSSR count). The van der Waals surface area contributed by atoms with Gasteiger partial charge in [-0.15, -0.1) is 0 Å². The van der Waals surface area contributed by atoms with Crippen molar-refractivity contribution in [1.29, 1.82) is 0 Å². The summed E-state index contributed by atoms with van der Waals surface area (Å²) in [6.07, 6.45) is 7.10. The molecule has 23 heavy (non-hydrogen) atoms. The van der Waals surface area contributed by atoms with Crippen LogP contribution in [0.1, 0.15) is 36.8 Å². The largest absolute Gasteiger partial charge is 0.489 e. The van der Waals surface area contributed by atoms with Crippen molar-refractivity contribution in [3.05, 3.63) is 65.7 Å². The third-order valence-electron chi connectivity index (χ3n) is 4.06. The van der Waals surface area contributed by atoms with Gasteiger partial charge in [0.05, 0.1) is 6.21 Å². The van der Waals surface area contributed by atoms with Crippen LogP contribution in [0, 0.1) is 0 Å². The summed E-state index contributed by atoms with van der Waals surface area (Å²) in [6, 6.07) is 18.3. The number of hydrogen-bond acceptors (Lipinski definition) is 3. The van der Waals surface area contributed by atoms with Gasteiger partial charge in [0.1, 0.15) is 12.4 Å². The van der Waals surface area contributed by atoms with Crippen molar-refractivity contribution in [3.63, 3.8) is 0 Å². The number of hydrogen-bond donors (Lipinski definition) is 0. The van der Waals surface area contributed by atoms with Crippen LogP contribution < -0.4 is 4.74 Å². The Balaban J connectivity index is 1.58. The van der Waals surface area contributed by atoms with Gasteiger partial charge in [0.25, 0.3) is 0 Å². The van der Waals surface area contributed by atoms with E-state index in [1.54, 1.807) is 0 Å². The summed E-state index contributed by atoms with van der Waals surface area (Å²) in [6.45, 7) is 2.73. The minimum absolute atomic E-state index is 0.591. The van der Waals surface area contributed by atoms with E-state index >= 15 is 0 Å². The molecule has 120 valence electrons. The van der Waals surface area contributed by atoms with Gasteiger partial charge in [-0.1, -0.05) is 55.3 Å². The van der Waals surface area contributed by atoms with E-state index in [2.05, 4.69) is 28.3 Å². The summed E-state index contributed by atoms with van der Waals surface area (Å²) in [7, 11) is 0. The van der Waals surface area contributed by atoms with Crippen LogP contribution in [0.25, 0.3) is 0 Å². The van der Waals surface area contributed by atoms with Crippen molar-refractivity contribution >= 4 is 6.21 Å². The molecule has 0 radical (unpaired) electrons. The molecule has 0 N–H and O–H groups in total. The summed E-state index contributed by atoms with van der Waals surface area (Å²) in [5, 5.41) is 6.81. The van der Waals surface area contributed by atoms with E-state index in [1.165, 1.54) is 31.2 Å². The zero-order valence-corrected chi connectivity index (χ0v) is 13.5. The van der Waals surface area contributed by atoms with E-state index in [0.29, 0.717) is 6.61 Å². The molecular weight excluding hydrogens is 284 g/mol. The molecule has 1 fully saturated rings. The van der Waals surface area contributed by atoms with Crippen LogP contribution in [-0.2, 0) is 6.61 Å². The van der Waals surface area contributed by atoms with Crippen molar-refractivity contribution in [2.45, 2.75) is 32.3 Å². The van der Waals surface area contributed by atoms with Crippen molar-refractivity contribution in [2.75, 3.05) is 13.1 Å². The second-order valence-electron chi connectivity index (χ2n) is 5.96. The fourth-order valence-corrected chi connectivity index (χ4v) is 2.74. The highest BCUT2D eigenvalue weighted by Gasteiger charge is 2.05. The second-order valence-corrected chi connectivity index (χ2v) is 5.96. The molecular formula is C20H24N2O. The highest BCUT2D eigenvalue weighted by atomic mass is 16.5. The molecule has 1 heterocycles. The van der Waals surface area contributed by atoms with Crippen molar-refractivity contribution in [2.24, 2.45) is 5.10 Å². The zero-order valence-electron chi connectivity index (χ0n) is 13.5. The molecule has 1 aliphatic rings. The smallest absolute Gasteiger partial charge is 0.120 e. The first-order chi connectivity index (χ1) is 11.4. The summed E-state index contributed by atoms with van der Waals surface area (Å²) in [5.41, 5.74) is 2.26. The van der Waals surface area contributed by atoms with Crippen LogP contribution >= 0.6 is 0 Å². The molecule has 0 atom stereocenters. The number of ether oxygens (including phenoxy) is 1. The Bertz CT molecular complexity index is 617. The molecule has 0 spiro atoms. The maximum absolute atomic E-state index is 5.87. The lowest BCUT2D eigenvalue weighted by molar-refractivity contribution is 0.302. The molecule has 3 nitrogen and oxygen atoms in total. The Kier molecular flexibility index (Phi) is 5.68. The Labute approximate surface area is 138 Å². The quantitative estimate of drug-likeness (QED) is 0.761. The van der Waals surface area contributed by atoms with E-state index in [1.807, 2.05) is 42.6 Å². The summed E-state index contributed by atoms with van der Waals surface area (Å²) < 4.78 is 5.87. The second kappa shape index (κ2) is 8.37. The first kappa shape index (κ1) is 15.6. The molecule has 0 saturated carbocycles. The first-order valence-electron chi connectivity index (χ1n) is 8.46. The maximum atomic E-state index is 5.87. The zero-order chi connectivity index (χ0) is 15.7. The number of hydrazone groups is 1. The van der Waals surface area contributed by atoms with Gasteiger partial charge in [-0.2, -0.15) is 5.10 Å². The average Bonchev–Trinajstić information content (AvgIpc) is 2.88. The summed E-state index contributed by atoms with van der Waals surface area (Å²) in [4.78, 5) is 0. The van der Waals surface area contributed by atoms with Gasteiger partial charge in [-0.05, 0) is 36.1 Å². The molecule has 0 aliphatic carbocycles. The van der Waals surface area contributed by atoms with E-state index in [9.17, 15) is 0 Å². The average molecular weight is 308 g/mol. The molecule has 2 aromatic rings. The highest BCUT2D eigenvalue weighted by molar-refractivity contribution is 5.79. The lowest BCUT2D eigenvalue weighted by Gasteiger charge is -2.15. The Morgan fingerprint density at radius 1 is 0.913 bits per heavy atom. The number of benzene rings is 2. The van der Waals surface area contributed by atoms with Crippen LogP contribution in [0.3, 0.4) is 0 Å². The predicted molar refractivity (Wildman–Crippen MR) is 94.9 cm³/mol. The van der Waals surface area contributed by atoms with Gasteiger partial charge in [0.2, 0.25) is 0 Å². The monoisotopic (exact) mass is 308 g/mol. The fraction of sp³-hybridized carbons (Fsp3) is 0.350. The SMILES string of the molecule is C(=N\N1CCCCCC1)/c1cccc(OCc2ccccc2)c1. The minimum Gasteiger partial charge on any atom is -0.489 e. The lowest BCUT2D eigenvalue weighted by atomic mass is 10.2. The van der Waals surface area contributed by atoms with Crippen molar-refractivity contribution < 1.29 is 4.74 Å². The third kappa shape index (κ3) is 5.13. The predicted octanol–water partition coefficient (Wildman–Crippen LogP) is 4.48. The van der Waals surface area contributed by atoms with E-state index in [0.717, 1.165) is 24.4 Å². The van der Waals surface area contributed by atoms with Crippen LogP contribution in [0.4, 0.5) is 0 Å². The first-order valence-corrected chi connectivity index (χ1v) is 8.46. The Hall–Kier alpha value is -2.29. The van der Waals surface area contributed by atoms with Gasteiger partial charge in [-0.3, -0.25) is 5.01 Å². The number of nitrogens with zero attached hydrogens (tertiary/aromatic N) is 2. The van der Waals surface area contributed by atoms with Gasteiger partial charge in [0, 0.05) is 13.1 Å². The van der Waals surface area contributed by atoms with E-state index in [-0.39, 0.29) is 0 Å². The van der Waals surface area contributed by atoms with Crippen LogP contribution in [0.2, 0.25) is 0 Å². The van der Waals surface area contributed by atoms with Gasteiger partial charge < -0.3 is 4.74 Å². The summed E-state index contributed by atoms with van der Waals surface area (Å²) >= 11 is 0. The van der Waals surface area contributed by atoms with E-state index < -0.39 is 0 Å². The maximum Gasteiger partial charge on any atom is 0.120 e. The standard InChI is InChI=1S/C20H24N2O/c1-2-7-14-22(13-6-1)21-16-19-11-8-12-20(15-19)23-17-18-9-4-3-5-10-18/h3-5,8-12,15-16H,1-2,6-7,13-14,17H2/b21-16+. The van der Waals surface area contributed by atoms with Gasteiger partial charge >= 0.3 is 0 Å². The normalized spacial score (nSPS) is 15.6. The molecule has 2 aromatic carbocycles. The number of rotatable bonds is 5. The molecule has 3 heteroatoms. The van der Waals surface area contributed by atoms with Crippen molar-refractivity contribution in [1.82, 2.24) is 5.01 Å². The van der Waals surface area contributed by atoms with Crippen LogP contribution in [0.15, 0.2) is 59.7 Å². The molecule has 0 bridgehead atoms. The Morgan fingerprint density at radius 2 is 1.70 bits per heavy atom.